The first-order valence-corrected chi connectivity index (χ1v) is 8.75. The second-order valence-corrected chi connectivity index (χ2v) is 8.14. The van der Waals surface area contributed by atoms with Gasteiger partial charge in [0.25, 0.3) is 0 Å². The molecule has 106 valence electrons. The molecule has 0 atom stereocenters. The molecule has 4 aliphatic rings. The van der Waals surface area contributed by atoms with Gasteiger partial charge in [-0.15, -0.1) is 0 Å². The third-order valence-electron chi connectivity index (χ3n) is 5.89. The molecule has 0 unspecified atom stereocenters. The van der Waals surface area contributed by atoms with Crippen molar-refractivity contribution >= 4 is 21.7 Å². The number of Topliss-reactive ketones (excluding diaryl/α,β-unsaturated/α-hetero) is 1. The maximum Gasteiger partial charge on any atom is 0.140 e. The van der Waals surface area contributed by atoms with Gasteiger partial charge in [-0.05, 0) is 73.5 Å². The Labute approximate surface area is 129 Å². The van der Waals surface area contributed by atoms with Crippen LogP contribution >= 0.6 is 15.9 Å². The highest BCUT2D eigenvalue weighted by Crippen LogP contribution is 2.56. The molecule has 0 heterocycles. The molecule has 4 bridgehead atoms. The van der Waals surface area contributed by atoms with Gasteiger partial charge >= 0.3 is 0 Å². The molecule has 0 saturated heterocycles. The van der Waals surface area contributed by atoms with Gasteiger partial charge in [0.05, 0.1) is 0 Å². The fourth-order valence-corrected chi connectivity index (χ4v) is 5.64. The summed E-state index contributed by atoms with van der Waals surface area (Å²) in [6.07, 6.45) is 7.45. The minimum atomic E-state index is 0.381. The van der Waals surface area contributed by atoms with E-state index in [9.17, 15) is 4.79 Å². The first-order chi connectivity index (χ1) is 9.69. The molecule has 1 aromatic rings. The van der Waals surface area contributed by atoms with Gasteiger partial charge in [-0.25, -0.2) is 0 Å². The summed E-state index contributed by atoms with van der Waals surface area (Å²) >= 11 is 3.45. The molecular formula is C18H21BrO. The number of hydrogen-bond acceptors (Lipinski definition) is 1. The molecular weight excluding hydrogens is 312 g/mol. The van der Waals surface area contributed by atoms with Crippen molar-refractivity contribution in [3.05, 3.63) is 34.3 Å². The van der Waals surface area contributed by atoms with Gasteiger partial charge < -0.3 is 0 Å². The lowest BCUT2D eigenvalue weighted by atomic mass is 9.51. The van der Waals surface area contributed by atoms with E-state index in [0.29, 0.717) is 30.0 Å². The molecule has 2 heteroatoms. The number of carbonyl (C=O) groups excluding carboxylic acids is 1. The molecule has 1 nitrogen and oxygen atoms in total. The second-order valence-electron chi connectivity index (χ2n) is 7.23. The van der Waals surface area contributed by atoms with E-state index in [1.54, 1.807) is 0 Å². The Kier molecular flexibility index (Phi) is 3.25. The van der Waals surface area contributed by atoms with Crippen molar-refractivity contribution in [3.63, 3.8) is 0 Å². The molecule has 0 N–H and O–H groups in total. The van der Waals surface area contributed by atoms with E-state index in [-0.39, 0.29) is 0 Å². The van der Waals surface area contributed by atoms with Crippen LogP contribution in [0.4, 0.5) is 0 Å². The van der Waals surface area contributed by atoms with Crippen LogP contribution in [0.25, 0.3) is 0 Å². The number of rotatable bonds is 3. The van der Waals surface area contributed by atoms with Crippen LogP contribution in [0.3, 0.4) is 0 Å². The lowest BCUT2D eigenvalue weighted by Crippen LogP contribution is -2.48. The maximum absolute atomic E-state index is 12.8. The Bertz CT molecular complexity index is 491. The van der Waals surface area contributed by atoms with E-state index in [0.717, 1.165) is 16.3 Å². The molecule has 0 aromatic heterocycles. The summed E-state index contributed by atoms with van der Waals surface area (Å²) in [5, 5.41) is 0. The molecule has 5 rings (SSSR count). The van der Waals surface area contributed by atoms with Crippen LogP contribution in [0.1, 0.15) is 37.7 Å². The fraction of sp³-hybridized carbons (Fsp3) is 0.611. The Morgan fingerprint density at radius 3 is 2.05 bits per heavy atom. The molecule has 4 saturated carbocycles. The van der Waals surface area contributed by atoms with Crippen molar-refractivity contribution in [1.82, 2.24) is 0 Å². The molecule has 0 radical (unpaired) electrons. The van der Waals surface area contributed by atoms with Crippen molar-refractivity contribution in [1.29, 1.82) is 0 Å². The zero-order chi connectivity index (χ0) is 13.7. The predicted octanol–water partition coefficient (Wildman–Crippen LogP) is 4.63. The van der Waals surface area contributed by atoms with Gasteiger partial charge in [-0.3, -0.25) is 4.79 Å². The number of carbonyl (C=O) groups is 1. The normalized spacial score (nSPS) is 38.1. The van der Waals surface area contributed by atoms with Gasteiger partial charge in [0.2, 0.25) is 0 Å². The van der Waals surface area contributed by atoms with E-state index < -0.39 is 0 Å². The number of ketones is 1. The molecule has 4 fully saturated rings. The van der Waals surface area contributed by atoms with Crippen LogP contribution in [0.2, 0.25) is 0 Å². The summed E-state index contributed by atoms with van der Waals surface area (Å²) in [4.78, 5) is 12.8. The minimum Gasteiger partial charge on any atom is -0.299 e. The number of benzene rings is 1. The molecule has 0 amide bonds. The molecule has 0 spiro atoms. The Balaban J connectivity index is 1.50. The van der Waals surface area contributed by atoms with Crippen LogP contribution in [0.15, 0.2) is 28.7 Å². The zero-order valence-electron chi connectivity index (χ0n) is 11.7. The number of hydrogen-bond donors (Lipinski definition) is 0. The third-order valence-corrected chi connectivity index (χ3v) is 6.42. The van der Waals surface area contributed by atoms with Crippen molar-refractivity contribution in [2.45, 2.75) is 38.5 Å². The summed E-state index contributed by atoms with van der Waals surface area (Å²) in [5.41, 5.74) is 1.17. The van der Waals surface area contributed by atoms with Crippen molar-refractivity contribution < 1.29 is 4.79 Å². The Morgan fingerprint density at radius 1 is 0.950 bits per heavy atom. The molecule has 4 aliphatic carbocycles. The van der Waals surface area contributed by atoms with Gasteiger partial charge in [0.15, 0.2) is 0 Å². The van der Waals surface area contributed by atoms with E-state index in [1.165, 1.54) is 37.7 Å². The molecule has 0 aliphatic heterocycles. The first kappa shape index (κ1) is 13.1. The van der Waals surface area contributed by atoms with Crippen LogP contribution in [0, 0.1) is 29.6 Å². The SMILES string of the molecule is O=C(Cc1ccc(Br)cc1)C1C2CC3CC(C2)CC1C3. The summed E-state index contributed by atoms with van der Waals surface area (Å²) in [6.45, 7) is 0. The maximum atomic E-state index is 12.8. The van der Waals surface area contributed by atoms with Gasteiger partial charge in [-0.1, -0.05) is 28.1 Å². The third kappa shape index (κ3) is 2.26. The summed E-state index contributed by atoms with van der Waals surface area (Å²) in [6, 6.07) is 8.25. The van der Waals surface area contributed by atoms with Crippen LogP contribution in [-0.4, -0.2) is 5.78 Å². The Hall–Kier alpha value is -0.630. The van der Waals surface area contributed by atoms with Gasteiger partial charge in [0.1, 0.15) is 5.78 Å². The largest absolute Gasteiger partial charge is 0.299 e. The highest BCUT2D eigenvalue weighted by Gasteiger charge is 2.50. The average Bonchev–Trinajstić information content (AvgIpc) is 2.40. The number of halogens is 1. The fourth-order valence-electron chi connectivity index (χ4n) is 5.37. The molecule has 1 aromatic carbocycles. The first-order valence-electron chi connectivity index (χ1n) is 7.96. The van der Waals surface area contributed by atoms with E-state index in [4.69, 9.17) is 0 Å². The van der Waals surface area contributed by atoms with Crippen LogP contribution in [-0.2, 0) is 11.2 Å². The second kappa shape index (κ2) is 4.98. The Morgan fingerprint density at radius 2 is 1.50 bits per heavy atom. The monoisotopic (exact) mass is 332 g/mol. The predicted molar refractivity (Wildman–Crippen MR) is 83.4 cm³/mol. The van der Waals surface area contributed by atoms with Crippen molar-refractivity contribution in [3.8, 4) is 0 Å². The van der Waals surface area contributed by atoms with E-state index in [2.05, 4.69) is 28.1 Å². The van der Waals surface area contributed by atoms with Gasteiger partial charge in [-0.2, -0.15) is 0 Å². The smallest absolute Gasteiger partial charge is 0.140 e. The zero-order valence-corrected chi connectivity index (χ0v) is 13.3. The average molecular weight is 333 g/mol. The topological polar surface area (TPSA) is 17.1 Å². The van der Waals surface area contributed by atoms with Crippen molar-refractivity contribution in [2.24, 2.45) is 29.6 Å². The van der Waals surface area contributed by atoms with E-state index in [1.807, 2.05) is 12.1 Å². The summed E-state index contributed by atoms with van der Waals surface area (Å²) < 4.78 is 1.09. The highest BCUT2D eigenvalue weighted by atomic mass is 79.9. The van der Waals surface area contributed by atoms with E-state index >= 15 is 0 Å². The quantitative estimate of drug-likeness (QED) is 0.788. The standard InChI is InChI=1S/C18H21BrO/c19-16-3-1-11(2-4-16)10-17(20)18-14-6-12-5-13(8-14)9-15(18)7-12/h1-4,12-15,18H,5-10H2. The van der Waals surface area contributed by atoms with Crippen molar-refractivity contribution in [2.75, 3.05) is 0 Å². The lowest BCUT2D eigenvalue weighted by molar-refractivity contribution is -0.135. The minimum absolute atomic E-state index is 0.381. The highest BCUT2D eigenvalue weighted by molar-refractivity contribution is 9.10. The molecule has 20 heavy (non-hydrogen) atoms. The van der Waals surface area contributed by atoms with Gasteiger partial charge in [0, 0.05) is 16.8 Å². The van der Waals surface area contributed by atoms with Crippen LogP contribution in [0.5, 0.6) is 0 Å². The summed E-state index contributed by atoms with van der Waals surface area (Å²) in [7, 11) is 0. The summed E-state index contributed by atoms with van der Waals surface area (Å²) in [5.74, 6) is 4.24. The lowest BCUT2D eigenvalue weighted by Gasteiger charge is -2.53. The van der Waals surface area contributed by atoms with Crippen LogP contribution < -0.4 is 0 Å².